The van der Waals surface area contributed by atoms with Crippen LogP contribution in [0.1, 0.15) is 34.1 Å². The van der Waals surface area contributed by atoms with Crippen molar-refractivity contribution in [1.29, 1.82) is 0 Å². The van der Waals surface area contributed by atoms with Gasteiger partial charge in [0.05, 0.1) is 0 Å². The van der Waals surface area contributed by atoms with Crippen LogP contribution in [0, 0.1) is 10.5 Å². The Balaban J connectivity index is 0.00000280. The van der Waals surface area contributed by atoms with Crippen molar-refractivity contribution in [3.8, 4) is 0 Å². The molecule has 28 heavy (non-hydrogen) atoms. The zero-order valence-corrected chi connectivity index (χ0v) is 20.5. The number of thioether (sulfide) groups is 2. The van der Waals surface area contributed by atoms with Gasteiger partial charge in [0, 0.05) is 6.61 Å². The van der Waals surface area contributed by atoms with E-state index < -0.39 is 8.32 Å². The molecule has 146 valence electrons. The Morgan fingerprint density at radius 3 is 1.82 bits per heavy atom. The normalized spacial score (nSPS) is 17.0. The monoisotopic (exact) mass is 422 g/mol. The first-order valence-electron chi connectivity index (χ1n) is 9.82. The van der Waals surface area contributed by atoms with Gasteiger partial charge in [-0.15, -0.1) is 5.92 Å². The number of benzene rings is 2. The summed E-state index contributed by atoms with van der Waals surface area (Å²) >= 11 is 4.07. The molecule has 0 bridgehead atoms. The Bertz CT molecular complexity index is 660. The summed E-state index contributed by atoms with van der Waals surface area (Å²) in [6.07, 6.45) is 1.32. The molecule has 5 heteroatoms. The molecule has 1 saturated heterocycles. The Morgan fingerprint density at radius 1 is 0.929 bits per heavy atom. The predicted octanol–water partition coefficient (Wildman–Crippen LogP) is 2.56. The molecule has 0 amide bonds. The molecular formula is C23H31LiOS2Si. The van der Waals surface area contributed by atoms with Crippen molar-refractivity contribution in [3.05, 3.63) is 65.2 Å². The van der Waals surface area contributed by atoms with E-state index in [4.69, 9.17) is 4.43 Å². The fourth-order valence-electron chi connectivity index (χ4n) is 3.81. The standard InChI is InChI=1S/C23H31OS2Si.Li/c1-19(22-25-16-11-17-26-22)18-24-27(23(2,3)4,20-12-7-5-8-13-20)21-14-9-6-10-15-21;/h5-10,12-15,19H,11,16-18H2,1-4H3;/q-1;+1/t19-;/m0./s1. The van der Waals surface area contributed by atoms with Gasteiger partial charge in [0.1, 0.15) is 0 Å². The van der Waals surface area contributed by atoms with Crippen molar-refractivity contribution in [1.82, 2.24) is 0 Å². The van der Waals surface area contributed by atoms with E-state index in [1.807, 2.05) is 23.5 Å². The number of hydrogen-bond acceptors (Lipinski definition) is 3. The summed E-state index contributed by atoms with van der Waals surface area (Å²) in [5.74, 6) is 2.99. The molecule has 0 aliphatic carbocycles. The van der Waals surface area contributed by atoms with Crippen molar-refractivity contribution in [2.75, 3.05) is 18.1 Å². The largest absolute Gasteiger partial charge is 1.00 e. The van der Waals surface area contributed by atoms with Gasteiger partial charge in [-0.1, -0.05) is 88.4 Å². The second kappa shape index (κ2) is 10.8. The molecule has 0 spiro atoms. The van der Waals surface area contributed by atoms with Crippen LogP contribution in [0.3, 0.4) is 0 Å². The molecule has 1 nitrogen and oxygen atoms in total. The molecule has 0 aromatic heterocycles. The summed E-state index contributed by atoms with van der Waals surface area (Å²) in [6, 6.07) is 21.9. The van der Waals surface area contributed by atoms with Gasteiger partial charge in [0.15, 0.2) is 0 Å². The van der Waals surface area contributed by atoms with Crippen LogP contribution < -0.4 is 29.2 Å². The minimum atomic E-state index is -2.41. The van der Waals surface area contributed by atoms with Gasteiger partial charge in [-0.25, -0.2) is 4.58 Å². The first-order chi connectivity index (χ1) is 12.9. The zero-order chi connectivity index (χ0) is 19.3. The van der Waals surface area contributed by atoms with Crippen LogP contribution in [0.25, 0.3) is 0 Å². The Morgan fingerprint density at radius 2 is 1.39 bits per heavy atom. The van der Waals surface area contributed by atoms with E-state index in [2.05, 4.69) is 88.4 Å². The summed E-state index contributed by atoms with van der Waals surface area (Å²) in [4.78, 5) is 0. The van der Waals surface area contributed by atoms with Crippen LogP contribution in [-0.4, -0.2) is 26.4 Å². The number of hydrogen-bond donors (Lipinski definition) is 0. The first kappa shape index (κ1) is 24.2. The van der Waals surface area contributed by atoms with Crippen LogP contribution in [0.5, 0.6) is 0 Å². The molecule has 0 N–H and O–H groups in total. The molecule has 2 aromatic carbocycles. The van der Waals surface area contributed by atoms with Crippen LogP contribution >= 0.6 is 23.5 Å². The Labute approximate surface area is 193 Å². The van der Waals surface area contributed by atoms with Crippen molar-refractivity contribution in [3.63, 3.8) is 0 Å². The molecule has 1 aliphatic rings. The van der Waals surface area contributed by atoms with E-state index >= 15 is 0 Å². The van der Waals surface area contributed by atoms with Gasteiger partial charge < -0.3 is 27.9 Å². The summed E-state index contributed by atoms with van der Waals surface area (Å²) in [6.45, 7) is 10.2. The summed E-state index contributed by atoms with van der Waals surface area (Å²) in [7, 11) is -2.41. The van der Waals surface area contributed by atoms with Crippen molar-refractivity contribution in [2.45, 2.75) is 39.2 Å². The molecular weight excluding hydrogens is 391 g/mol. The maximum absolute atomic E-state index is 7.07. The molecule has 0 saturated carbocycles. The van der Waals surface area contributed by atoms with Crippen LogP contribution in [0.4, 0.5) is 0 Å². The van der Waals surface area contributed by atoms with Gasteiger partial charge in [-0.3, -0.25) is 0 Å². The maximum atomic E-state index is 7.07. The van der Waals surface area contributed by atoms with Crippen LogP contribution in [0.2, 0.25) is 5.04 Å². The van der Waals surface area contributed by atoms with Crippen LogP contribution in [0.15, 0.2) is 60.7 Å². The topological polar surface area (TPSA) is 9.23 Å². The fraction of sp³-hybridized carbons (Fsp3) is 0.435. The minimum Gasteiger partial charge on any atom is -0.410 e. The van der Waals surface area contributed by atoms with Gasteiger partial charge in [-0.2, -0.15) is 0 Å². The molecule has 1 heterocycles. The van der Waals surface area contributed by atoms with Crippen molar-refractivity contribution in [2.24, 2.45) is 5.92 Å². The van der Waals surface area contributed by atoms with Gasteiger partial charge in [0.2, 0.25) is 0 Å². The second-order valence-corrected chi connectivity index (χ2v) is 15.1. The maximum Gasteiger partial charge on any atom is 1.00 e. The summed E-state index contributed by atoms with van der Waals surface area (Å²) in [5.41, 5.74) is 0. The van der Waals surface area contributed by atoms with E-state index in [0.717, 1.165) is 6.61 Å². The third-order valence-corrected chi connectivity index (χ3v) is 13.2. The third-order valence-electron chi connectivity index (χ3n) is 5.15. The predicted molar refractivity (Wildman–Crippen MR) is 126 cm³/mol. The van der Waals surface area contributed by atoms with E-state index in [9.17, 15) is 0 Å². The van der Waals surface area contributed by atoms with E-state index in [1.54, 1.807) is 4.58 Å². The average molecular weight is 423 g/mol. The smallest absolute Gasteiger partial charge is 0.410 e. The first-order valence-corrected chi connectivity index (χ1v) is 13.7. The van der Waals surface area contributed by atoms with E-state index in [0.29, 0.717) is 5.92 Å². The van der Waals surface area contributed by atoms with Gasteiger partial charge in [-0.05, 0) is 33.3 Å². The quantitative estimate of drug-likeness (QED) is 0.523. The summed E-state index contributed by atoms with van der Waals surface area (Å²) < 4.78 is 8.63. The SMILES string of the molecule is C[C@@H](CO[Si](c1ccccc1)(c1ccccc1)C(C)(C)C)[C-]1SCCCS1.[Li+]. The minimum absolute atomic E-state index is 0. The van der Waals surface area contributed by atoms with Crippen molar-refractivity contribution >= 4 is 42.2 Å². The second-order valence-electron chi connectivity index (χ2n) is 8.24. The molecule has 0 unspecified atom stereocenters. The molecule has 1 atom stereocenters. The van der Waals surface area contributed by atoms with Gasteiger partial charge >= 0.3 is 18.9 Å². The third kappa shape index (κ3) is 5.33. The average Bonchev–Trinajstić information content (AvgIpc) is 2.69. The molecule has 2 aromatic rings. The molecule has 3 rings (SSSR count). The summed E-state index contributed by atoms with van der Waals surface area (Å²) in [5, 5.41) is 2.78. The molecule has 0 radical (unpaired) electrons. The zero-order valence-electron chi connectivity index (χ0n) is 17.9. The fourth-order valence-corrected chi connectivity index (χ4v) is 11.2. The molecule has 1 fully saturated rings. The van der Waals surface area contributed by atoms with Crippen LogP contribution in [-0.2, 0) is 4.43 Å². The number of rotatable bonds is 6. The van der Waals surface area contributed by atoms with E-state index in [-0.39, 0.29) is 23.9 Å². The van der Waals surface area contributed by atoms with Gasteiger partial charge in [0.25, 0.3) is 8.32 Å². The Hall–Kier alpha value is -0.0857. The molecule has 1 aliphatic heterocycles. The van der Waals surface area contributed by atoms with Crippen molar-refractivity contribution < 1.29 is 23.3 Å². The van der Waals surface area contributed by atoms with E-state index in [1.165, 1.54) is 28.3 Å². The Kier molecular flexibility index (Phi) is 9.33.